The molecule has 0 bridgehead atoms. The number of thioether (sulfide) groups is 1. The van der Waals surface area contributed by atoms with Crippen molar-refractivity contribution in [3.05, 3.63) is 46.5 Å². The summed E-state index contributed by atoms with van der Waals surface area (Å²) in [5.41, 5.74) is -1.58. The van der Waals surface area contributed by atoms with Crippen LogP contribution in [0.5, 0.6) is 0 Å². The van der Waals surface area contributed by atoms with Crippen LogP contribution >= 0.6 is 23.1 Å². The van der Waals surface area contributed by atoms with Gasteiger partial charge >= 0.3 is 6.18 Å². The third kappa shape index (κ3) is 4.83. The molecule has 0 aliphatic heterocycles. The number of halogens is 3. The Balaban J connectivity index is 1.99. The first-order valence-electron chi connectivity index (χ1n) is 8.70. The fourth-order valence-corrected chi connectivity index (χ4v) is 4.29. The number of hydrogen-bond acceptors (Lipinski definition) is 7. The summed E-state index contributed by atoms with van der Waals surface area (Å²) in [4.78, 5) is 17.4. The van der Waals surface area contributed by atoms with Gasteiger partial charge in [-0.15, -0.1) is 11.3 Å². The molecule has 1 amide bonds. The molecule has 0 unspecified atom stereocenters. The molecule has 3 aromatic rings. The smallest absolute Gasteiger partial charge is 0.360 e. The van der Waals surface area contributed by atoms with Crippen molar-refractivity contribution >= 4 is 34.8 Å². The highest BCUT2D eigenvalue weighted by Crippen LogP contribution is 2.40. The summed E-state index contributed by atoms with van der Waals surface area (Å²) < 4.78 is 45.8. The summed E-state index contributed by atoms with van der Waals surface area (Å²) in [5, 5.41) is 16.4. The van der Waals surface area contributed by atoms with Crippen LogP contribution in [0.2, 0.25) is 0 Å². The van der Waals surface area contributed by atoms with E-state index in [1.165, 1.54) is 17.4 Å². The first-order valence-corrected chi connectivity index (χ1v) is 10.5. The lowest BCUT2D eigenvalue weighted by atomic mass is 10.1. The molecule has 0 aromatic carbocycles. The van der Waals surface area contributed by atoms with Crippen LogP contribution in [0.15, 0.2) is 39.2 Å². The van der Waals surface area contributed by atoms with E-state index in [4.69, 9.17) is 4.52 Å². The maximum absolute atomic E-state index is 13.6. The highest BCUT2D eigenvalue weighted by Gasteiger charge is 2.37. The molecule has 3 heterocycles. The van der Waals surface area contributed by atoms with E-state index in [0.29, 0.717) is 17.1 Å². The van der Waals surface area contributed by atoms with E-state index in [0.717, 1.165) is 17.8 Å². The number of carbonyl (C=O) groups is 1. The molecule has 3 aromatic heterocycles. The van der Waals surface area contributed by atoms with Crippen molar-refractivity contribution in [3.8, 4) is 16.6 Å². The third-order valence-corrected chi connectivity index (χ3v) is 6.22. The van der Waals surface area contributed by atoms with E-state index in [1.807, 2.05) is 0 Å². The van der Waals surface area contributed by atoms with Crippen LogP contribution in [0.25, 0.3) is 10.6 Å². The van der Waals surface area contributed by atoms with Crippen molar-refractivity contribution in [2.24, 2.45) is 0 Å². The first-order chi connectivity index (χ1) is 14.2. The zero-order valence-electron chi connectivity index (χ0n) is 15.8. The number of hydrogen-bond donors (Lipinski definition) is 1. The van der Waals surface area contributed by atoms with Gasteiger partial charge in [0.25, 0.3) is 0 Å². The maximum Gasteiger partial charge on any atom is 0.417 e. The summed E-state index contributed by atoms with van der Waals surface area (Å²) in [6.45, 7) is 3.37. The molecule has 30 heavy (non-hydrogen) atoms. The lowest BCUT2D eigenvalue weighted by Crippen LogP contribution is -2.25. The Kier molecular flexibility index (Phi) is 6.48. The minimum absolute atomic E-state index is 0.0983. The van der Waals surface area contributed by atoms with E-state index < -0.39 is 28.5 Å². The first kappa shape index (κ1) is 21.9. The Morgan fingerprint density at radius 2 is 2.20 bits per heavy atom. The zero-order chi connectivity index (χ0) is 21.9. The average Bonchev–Trinajstić information content (AvgIpc) is 3.36. The van der Waals surface area contributed by atoms with Gasteiger partial charge in [-0.05, 0) is 30.9 Å². The number of alkyl halides is 3. The second-order valence-corrected chi connectivity index (χ2v) is 8.29. The Morgan fingerprint density at radius 1 is 1.43 bits per heavy atom. The van der Waals surface area contributed by atoms with Crippen LogP contribution in [-0.2, 0) is 11.0 Å². The molecule has 1 N–H and O–H groups in total. The highest BCUT2D eigenvalue weighted by molar-refractivity contribution is 8.00. The van der Waals surface area contributed by atoms with Gasteiger partial charge in [-0.1, -0.05) is 29.9 Å². The molecule has 0 saturated carbocycles. The van der Waals surface area contributed by atoms with Gasteiger partial charge in [-0.3, -0.25) is 4.79 Å². The van der Waals surface area contributed by atoms with Gasteiger partial charge < -0.3 is 9.84 Å². The second-order valence-electron chi connectivity index (χ2n) is 6.15. The minimum atomic E-state index is -4.74. The van der Waals surface area contributed by atoms with Gasteiger partial charge in [0, 0.05) is 6.07 Å². The van der Waals surface area contributed by atoms with Gasteiger partial charge in [0.2, 0.25) is 5.91 Å². The zero-order valence-corrected chi connectivity index (χ0v) is 17.4. The van der Waals surface area contributed by atoms with Crippen LogP contribution in [0.4, 0.5) is 19.0 Å². The van der Waals surface area contributed by atoms with Gasteiger partial charge in [0.15, 0.2) is 5.82 Å². The third-order valence-electron chi connectivity index (χ3n) is 3.97. The Hall–Kier alpha value is -2.84. The van der Waals surface area contributed by atoms with E-state index in [1.54, 1.807) is 37.4 Å². The van der Waals surface area contributed by atoms with E-state index in [-0.39, 0.29) is 16.5 Å². The van der Waals surface area contributed by atoms with Crippen molar-refractivity contribution in [2.45, 2.75) is 36.7 Å². The molecular formula is C19H15F3N4O2S2. The molecule has 156 valence electrons. The van der Waals surface area contributed by atoms with Crippen molar-refractivity contribution < 1.29 is 22.5 Å². The fraction of sp³-hybridized carbons (Fsp3) is 0.263. The number of aryl methyl sites for hydroxylation is 1. The van der Waals surface area contributed by atoms with Crippen LogP contribution in [0, 0.1) is 18.3 Å². The summed E-state index contributed by atoms with van der Waals surface area (Å²) in [6, 6.07) is 7.34. The number of anilines is 1. The predicted molar refractivity (Wildman–Crippen MR) is 107 cm³/mol. The molecule has 3 rings (SSSR count). The monoisotopic (exact) mass is 452 g/mol. The van der Waals surface area contributed by atoms with Crippen molar-refractivity contribution in [1.82, 2.24) is 10.1 Å². The van der Waals surface area contributed by atoms with Gasteiger partial charge in [-0.2, -0.15) is 18.4 Å². The minimum Gasteiger partial charge on any atom is -0.360 e. The summed E-state index contributed by atoms with van der Waals surface area (Å²) in [5.74, 6) is 0.225. The van der Waals surface area contributed by atoms with Gasteiger partial charge in [-0.25, -0.2) is 4.98 Å². The Bertz CT molecular complexity index is 1090. The number of nitriles is 1. The normalized spacial score (nSPS) is 12.4. The molecule has 11 heteroatoms. The van der Waals surface area contributed by atoms with Crippen LogP contribution in [0.3, 0.4) is 0 Å². The van der Waals surface area contributed by atoms with Crippen LogP contribution in [-0.4, -0.2) is 21.3 Å². The summed E-state index contributed by atoms with van der Waals surface area (Å²) >= 11 is 2.05. The van der Waals surface area contributed by atoms with Crippen LogP contribution < -0.4 is 5.32 Å². The number of nitrogens with zero attached hydrogens (tertiary/aromatic N) is 3. The largest absolute Gasteiger partial charge is 0.417 e. The number of nitrogens with one attached hydrogen (secondary N) is 1. The Labute approximate surface area is 178 Å². The molecule has 0 aliphatic rings. The number of thiophene rings is 1. The molecule has 0 spiro atoms. The Morgan fingerprint density at radius 3 is 2.73 bits per heavy atom. The maximum atomic E-state index is 13.6. The molecule has 0 aliphatic carbocycles. The van der Waals surface area contributed by atoms with Crippen molar-refractivity contribution in [1.29, 1.82) is 5.26 Å². The van der Waals surface area contributed by atoms with Gasteiger partial charge in [0.1, 0.15) is 16.9 Å². The molecule has 0 radical (unpaired) electrons. The number of carbonyl (C=O) groups excluding carboxylic acids is 1. The fourth-order valence-electron chi connectivity index (χ4n) is 2.58. The number of aromatic nitrogens is 2. The number of rotatable bonds is 6. The van der Waals surface area contributed by atoms with E-state index >= 15 is 0 Å². The lowest BCUT2D eigenvalue weighted by Gasteiger charge is -2.17. The highest BCUT2D eigenvalue weighted by atomic mass is 32.2. The van der Waals surface area contributed by atoms with Gasteiger partial charge in [0.05, 0.1) is 26.9 Å². The van der Waals surface area contributed by atoms with Crippen LogP contribution in [0.1, 0.15) is 30.2 Å². The number of amides is 1. The second kappa shape index (κ2) is 8.89. The summed E-state index contributed by atoms with van der Waals surface area (Å²) in [7, 11) is 0. The lowest BCUT2D eigenvalue weighted by molar-refractivity contribution is -0.138. The summed E-state index contributed by atoms with van der Waals surface area (Å²) in [6.07, 6.45) is -4.44. The topological polar surface area (TPSA) is 91.8 Å². The molecule has 1 atom stereocenters. The SMILES string of the molecule is CC[C@@H](Sc1nc(-c2cccs2)cc(C(F)(F)F)c1C#N)C(=O)Nc1cc(C)on1. The molecule has 0 saturated heterocycles. The quantitative estimate of drug-likeness (QED) is 0.496. The van der Waals surface area contributed by atoms with Crippen molar-refractivity contribution in [3.63, 3.8) is 0 Å². The predicted octanol–water partition coefficient (Wildman–Crippen LogP) is 5.51. The molecule has 6 nitrogen and oxygen atoms in total. The number of pyridine rings is 1. The average molecular weight is 452 g/mol. The van der Waals surface area contributed by atoms with E-state index in [2.05, 4.69) is 15.5 Å². The molecule has 0 fully saturated rings. The van der Waals surface area contributed by atoms with E-state index in [9.17, 15) is 23.2 Å². The standard InChI is InChI=1S/C19H15F3N4O2S2/c1-3-14(17(27)25-16-7-10(2)28-26-16)30-18-11(9-23)12(19(20,21)22)8-13(24-18)15-5-4-6-29-15/h4-8,14H,3H2,1-2H3,(H,25,26,27)/t14-/m1/s1. The molecular weight excluding hydrogens is 437 g/mol. The van der Waals surface area contributed by atoms with Crippen molar-refractivity contribution in [2.75, 3.05) is 5.32 Å².